The fraction of sp³-hybridized carbons (Fsp3) is 0.261. The van der Waals surface area contributed by atoms with Crippen LogP contribution in [0.2, 0.25) is 0 Å². The Morgan fingerprint density at radius 3 is 2.77 bits per heavy atom. The summed E-state index contributed by atoms with van der Waals surface area (Å²) in [5.41, 5.74) is 5.87. The molecule has 1 aliphatic rings. The fourth-order valence-corrected chi connectivity index (χ4v) is 3.74. The summed E-state index contributed by atoms with van der Waals surface area (Å²) in [6, 6.07) is 13.7. The second-order valence-corrected chi connectivity index (χ2v) is 7.79. The molecular weight excluding hydrogens is 392 g/mol. The molecule has 0 unspecified atom stereocenters. The van der Waals surface area contributed by atoms with E-state index in [0.29, 0.717) is 22.8 Å². The maximum Gasteiger partial charge on any atom is 0.255 e. The van der Waals surface area contributed by atoms with Gasteiger partial charge in [0.2, 0.25) is 0 Å². The van der Waals surface area contributed by atoms with Crippen LogP contribution in [0.5, 0.6) is 0 Å². The normalized spacial score (nSPS) is 14.7. The number of nitrogens with one attached hydrogen (secondary N) is 3. The standard InChI is InChI=1S/C23H24N6O2/c1-15-2-5-17(6-3-15)23(30)27-20-13-24-28-21(20)22-25-18-7-4-16(12-19(18)26-22)14-29-8-10-31-11-9-29/h2-7,12-13H,8-11,14H2,1H3,(H,24,28)(H,25,26)(H,27,30). The van der Waals surface area contributed by atoms with Gasteiger partial charge in [-0.25, -0.2) is 4.98 Å². The number of benzene rings is 2. The maximum atomic E-state index is 12.6. The van der Waals surface area contributed by atoms with Gasteiger partial charge in [-0.1, -0.05) is 23.8 Å². The van der Waals surface area contributed by atoms with Crippen molar-refractivity contribution in [3.05, 3.63) is 65.4 Å². The Morgan fingerprint density at radius 2 is 1.97 bits per heavy atom. The van der Waals surface area contributed by atoms with E-state index in [9.17, 15) is 4.79 Å². The number of carbonyl (C=O) groups is 1. The number of amides is 1. The zero-order valence-electron chi connectivity index (χ0n) is 17.3. The molecule has 1 saturated heterocycles. The molecule has 3 heterocycles. The lowest BCUT2D eigenvalue weighted by molar-refractivity contribution is 0.0342. The molecule has 0 spiro atoms. The zero-order valence-corrected chi connectivity index (χ0v) is 17.3. The van der Waals surface area contributed by atoms with Gasteiger partial charge in [0, 0.05) is 31.4 Å². The van der Waals surface area contributed by atoms with Crippen molar-refractivity contribution in [1.29, 1.82) is 0 Å². The third-order valence-corrected chi connectivity index (χ3v) is 5.48. The summed E-state index contributed by atoms with van der Waals surface area (Å²) in [7, 11) is 0. The summed E-state index contributed by atoms with van der Waals surface area (Å²) in [5.74, 6) is 0.422. The van der Waals surface area contributed by atoms with Crippen LogP contribution in [0.1, 0.15) is 21.5 Å². The number of aryl methyl sites for hydroxylation is 1. The molecule has 4 aromatic rings. The molecule has 3 N–H and O–H groups in total. The van der Waals surface area contributed by atoms with Crippen LogP contribution in [0.3, 0.4) is 0 Å². The molecule has 2 aromatic carbocycles. The van der Waals surface area contributed by atoms with Crippen LogP contribution in [-0.2, 0) is 11.3 Å². The Bertz CT molecular complexity index is 1200. The quantitative estimate of drug-likeness (QED) is 0.463. The van der Waals surface area contributed by atoms with E-state index in [1.54, 1.807) is 6.20 Å². The largest absolute Gasteiger partial charge is 0.379 e. The average Bonchev–Trinajstić information content (AvgIpc) is 3.41. The summed E-state index contributed by atoms with van der Waals surface area (Å²) in [5, 5.41) is 10.1. The van der Waals surface area contributed by atoms with Gasteiger partial charge in [0.05, 0.1) is 29.9 Å². The van der Waals surface area contributed by atoms with E-state index in [2.05, 4.69) is 37.5 Å². The predicted octanol–water partition coefficient (Wildman–Crippen LogP) is 3.35. The van der Waals surface area contributed by atoms with Crippen molar-refractivity contribution in [1.82, 2.24) is 25.1 Å². The molecule has 8 nitrogen and oxygen atoms in total. The van der Waals surface area contributed by atoms with E-state index in [1.807, 2.05) is 37.3 Å². The van der Waals surface area contributed by atoms with Crippen LogP contribution in [0.25, 0.3) is 22.6 Å². The Labute approximate surface area is 179 Å². The summed E-state index contributed by atoms with van der Waals surface area (Å²) in [4.78, 5) is 23.0. The molecule has 31 heavy (non-hydrogen) atoms. The molecule has 1 amide bonds. The number of hydrogen-bond donors (Lipinski definition) is 3. The first-order valence-electron chi connectivity index (χ1n) is 10.4. The number of anilines is 1. The number of hydrogen-bond acceptors (Lipinski definition) is 5. The van der Waals surface area contributed by atoms with Crippen molar-refractivity contribution in [3.63, 3.8) is 0 Å². The highest BCUT2D eigenvalue weighted by Crippen LogP contribution is 2.26. The number of imidazole rings is 1. The van der Waals surface area contributed by atoms with Gasteiger partial charge in [-0.15, -0.1) is 0 Å². The monoisotopic (exact) mass is 416 g/mol. The predicted molar refractivity (Wildman–Crippen MR) is 119 cm³/mol. The van der Waals surface area contributed by atoms with E-state index in [1.165, 1.54) is 5.56 Å². The Morgan fingerprint density at radius 1 is 1.16 bits per heavy atom. The third kappa shape index (κ3) is 4.21. The summed E-state index contributed by atoms with van der Waals surface area (Å²) < 4.78 is 5.43. The Hall–Kier alpha value is -3.49. The number of aromatic amines is 2. The summed E-state index contributed by atoms with van der Waals surface area (Å²) in [6.07, 6.45) is 1.67. The van der Waals surface area contributed by atoms with Gasteiger partial charge >= 0.3 is 0 Å². The molecule has 1 aliphatic heterocycles. The van der Waals surface area contributed by atoms with Gasteiger partial charge in [0.25, 0.3) is 5.91 Å². The van der Waals surface area contributed by atoms with Gasteiger partial charge in [-0.05, 0) is 36.8 Å². The smallest absolute Gasteiger partial charge is 0.255 e. The Kier molecular flexibility index (Phi) is 5.23. The molecule has 1 fully saturated rings. The lowest BCUT2D eigenvalue weighted by atomic mass is 10.1. The molecule has 8 heteroatoms. The van der Waals surface area contributed by atoms with Crippen LogP contribution in [0.15, 0.2) is 48.7 Å². The molecule has 0 saturated carbocycles. The lowest BCUT2D eigenvalue weighted by Crippen LogP contribution is -2.35. The van der Waals surface area contributed by atoms with Crippen molar-refractivity contribution < 1.29 is 9.53 Å². The molecule has 0 bridgehead atoms. The molecular formula is C23H24N6O2. The van der Waals surface area contributed by atoms with E-state index < -0.39 is 0 Å². The zero-order chi connectivity index (χ0) is 21.2. The number of rotatable bonds is 5. The first kappa shape index (κ1) is 19.5. The molecule has 0 radical (unpaired) electrons. The second-order valence-electron chi connectivity index (χ2n) is 7.79. The van der Waals surface area contributed by atoms with E-state index >= 15 is 0 Å². The minimum atomic E-state index is -0.188. The molecule has 0 aliphatic carbocycles. The van der Waals surface area contributed by atoms with Crippen LogP contribution in [-0.4, -0.2) is 57.3 Å². The van der Waals surface area contributed by atoms with Crippen LogP contribution in [0, 0.1) is 6.92 Å². The number of morpholine rings is 1. The summed E-state index contributed by atoms with van der Waals surface area (Å²) >= 11 is 0. The van der Waals surface area contributed by atoms with Gasteiger partial charge in [-0.2, -0.15) is 5.10 Å². The highest BCUT2D eigenvalue weighted by molar-refractivity contribution is 6.05. The van der Waals surface area contributed by atoms with Gasteiger partial charge in [0.15, 0.2) is 11.5 Å². The van der Waals surface area contributed by atoms with Crippen molar-refractivity contribution >= 4 is 22.6 Å². The first-order valence-corrected chi connectivity index (χ1v) is 10.4. The van der Waals surface area contributed by atoms with E-state index in [0.717, 1.165) is 49.4 Å². The minimum absolute atomic E-state index is 0.188. The van der Waals surface area contributed by atoms with E-state index in [-0.39, 0.29) is 5.91 Å². The number of ether oxygens (including phenoxy) is 1. The van der Waals surface area contributed by atoms with E-state index in [4.69, 9.17) is 9.72 Å². The molecule has 0 atom stereocenters. The molecule has 5 rings (SSSR count). The van der Waals surface area contributed by atoms with Crippen molar-refractivity contribution in [2.24, 2.45) is 0 Å². The number of fused-ring (bicyclic) bond motifs is 1. The number of nitrogens with zero attached hydrogens (tertiary/aromatic N) is 3. The third-order valence-electron chi connectivity index (χ3n) is 5.48. The first-order chi connectivity index (χ1) is 15.2. The summed E-state index contributed by atoms with van der Waals surface area (Å²) in [6.45, 7) is 6.32. The topological polar surface area (TPSA) is 98.9 Å². The number of aromatic nitrogens is 4. The Balaban J connectivity index is 1.36. The number of carbonyl (C=O) groups excluding carboxylic acids is 1. The maximum absolute atomic E-state index is 12.6. The van der Waals surface area contributed by atoms with Crippen molar-refractivity contribution in [3.8, 4) is 11.5 Å². The average molecular weight is 416 g/mol. The van der Waals surface area contributed by atoms with Gasteiger partial charge in [0.1, 0.15) is 0 Å². The molecule has 2 aromatic heterocycles. The minimum Gasteiger partial charge on any atom is -0.379 e. The number of H-pyrrole nitrogens is 2. The second kappa shape index (κ2) is 8.33. The SMILES string of the molecule is Cc1ccc(C(=O)Nc2c[nH]nc2-c2nc3cc(CN4CCOCC4)ccc3[nH]2)cc1. The molecule has 158 valence electrons. The van der Waals surface area contributed by atoms with Gasteiger partial charge < -0.3 is 15.0 Å². The highest BCUT2D eigenvalue weighted by atomic mass is 16.5. The fourth-order valence-electron chi connectivity index (χ4n) is 3.74. The van der Waals surface area contributed by atoms with Crippen LogP contribution in [0.4, 0.5) is 5.69 Å². The van der Waals surface area contributed by atoms with Crippen LogP contribution >= 0.6 is 0 Å². The lowest BCUT2D eigenvalue weighted by Gasteiger charge is -2.26. The van der Waals surface area contributed by atoms with Crippen LogP contribution < -0.4 is 5.32 Å². The van der Waals surface area contributed by atoms with Crippen molar-refractivity contribution in [2.75, 3.05) is 31.6 Å². The highest BCUT2D eigenvalue weighted by Gasteiger charge is 2.17. The van der Waals surface area contributed by atoms with Gasteiger partial charge in [-0.3, -0.25) is 14.8 Å². The van der Waals surface area contributed by atoms with Crippen molar-refractivity contribution in [2.45, 2.75) is 13.5 Å².